The van der Waals surface area contributed by atoms with Gasteiger partial charge in [0.1, 0.15) is 5.82 Å². The number of carbonyl (C=O) groups is 1. The third kappa shape index (κ3) is 5.07. The SMILES string of the molecule is O=C(Nc1nnc(-c2ccc3c(c2)CCCC3)o1)c1ccc(NS(=O)(=O)c2ccc(F)cc2)cc1. The molecule has 1 aromatic heterocycles. The summed E-state index contributed by atoms with van der Waals surface area (Å²) in [4.78, 5) is 12.5. The molecule has 0 atom stereocenters. The number of nitrogens with one attached hydrogen (secondary N) is 2. The van der Waals surface area contributed by atoms with Gasteiger partial charge in [0.25, 0.3) is 15.9 Å². The zero-order chi connectivity index (χ0) is 24.4. The summed E-state index contributed by atoms with van der Waals surface area (Å²) < 4.78 is 45.9. The standard InChI is InChI=1S/C25H21FN4O4S/c26-20-9-13-22(14-10-20)35(32,33)30-21-11-7-17(8-12-21)23(31)27-25-29-28-24(34-25)19-6-5-16-3-1-2-4-18(16)15-19/h5-15,30H,1-4H2,(H,27,29,31). The van der Waals surface area contributed by atoms with Crippen molar-refractivity contribution in [2.24, 2.45) is 0 Å². The smallest absolute Gasteiger partial charge is 0.322 e. The third-order valence-corrected chi connectivity index (χ3v) is 7.16. The number of amides is 1. The first-order valence-corrected chi connectivity index (χ1v) is 12.5. The summed E-state index contributed by atoms with van der Waals surface area (Å²) in [5, 5.41) is 10.5. The van der Waals surface area contributed by atoms with Gasteiger partial charge in [0.15, 0.2) is 0 Å². The largest absolute Gasteiger partial charge is 0.403 e. The number of sulfonamides is 1. The highest BCUT2D eigenvalue weighted by Gasteiger charge is 2.17. The second-order valence-corrected chi connectivity index (χ2v) is 9.88. The predicted octanol–water partition coefficient (Wildman–Crippen LogP) is 4.81. The molecule has 35 heavy (non-hydrogen) atoms. The van der Waals surface area contributed by atoms with Crippen LogP contribution in [0, 0.1) is 5.82 Å². The number of anilines is 2. The lowest BCUT2D eigenvalue weighted by molar-refractivity contribution is 0.102. The molecule has 0 fully saturated rings. The highest BCUT2D eigenvalue weighted by atomic mass is 32.2. The van der Waals surface area contributed by atoms with E-state index in [1.54, 1.807) is 0 Å². The van der Waals surface area contributed by atoms with Crippen molar-refractivity contribution in [1.29, 1.82) is 0 Å². The van der Waals surface area contributed by atoms with E-state index in [0.29, 0.717) is 5.89 Å². The quantitative estimate of drug-likeness (QED) is 0.399. The van der Waals surface area contributed by atoms with Crippen LogP contribution in [0.15, 0.2) is 76.0 Å². The molecule has 1 aliphatic carbocycles. The van der Waals surface area contributed by atoms with Gasteiger partial charge in [-0.25, -0.2) is 12.8 Å². The van der Waals surface area contributed by atoms with Crippen LogP contribution in [0.3, 0.4) is 0 Å². The van der Waals surface area contributed by atoms with Crippen LogP contribution in [0.5, 0.6) is 0 Å². The second-order valence-electron chi connectivity index (χ2n) is 8.19. The Morgan fingerprint density at radius 1 is 0.886 bits per heavy atom. The van der Waals surface area contributed by atoms with Gasteiger partial charge < -0.3 is 4.42 Å². The van der Waals surface area contributed by atoms with Gasteiger partial charge in [0.05, 0.1) is 4.90 Å². The molecule has 0 aliphatic heterocycles. The Bertz CT molecular complexity index is 1480. The Morgan fingerprint density at radius 2 is 1.60 bits per heavy atom. The average molecular weight is 493 g/mol. The molecule has 0 bridgehead atoms. The van der Waals surface area contributed by atoms with Gasteiger partial charge in [-0.05, 0) is 97.5 Å². The van der Waals surface area contributed by atoms with E-state index in [9.17, 15) is 17.6 Å². The van der Waals surface area contributed by atoms with Crippen molar-refractivity contribution in [3.8, 4) is 11.5 Å². The molecule has 1 amide bonds. The number of hydrogen-bond donors (Lipinski definition) is 2. The summed E-state index contributed by atoms with van der Waals surface area (Å²) >= 11 is 0. The molecule has 1 heterocycles. The van der Waals surface area contributed by atoms with E-state index in [1.807, 2.05) is 6.07 Å². The van der Waals surface area contributed by atoms with Crippen LogP contribution in [0.4, 0.5) is 16.1 Å². The Balaban J connectivity index is 1.24. The molecule has 1 aliphatic rings. The number of carbonyl (C=O) groups excluding carboxylic acids is 1. The van der Waals surface area contributed by atoms with E-state index in [-0.39, 0.29) is 22.2 Å². The molecular formula is C25H21FN4O4S. The summed E-state index contributed by atoms with van der Waals surface area (Å²) in [6.45, 7) is 0. The molecule has 8 nitrogen and oxygen atoms in total. The first-order valence-electron chi connectivity index (χ1n) is 11.0. The van der Waals surface area contributed by atoms with Crippen LogP contribution in [0.25, 0.3) is 11.5 Å². The lowest BCUT2D eigenvalue weighted by Gasteiger charge is -2.15. The maximum Gasteiger partial charge on any atom is 0.322 e. The number of halogens is 1. The highest BCUT2D eigenvalue weighted by molar-refractivity contribution is 7.92. The molecule has 4 aromatic rings. The normalized spacial score (nSPS) is 13.2. The lowest BCUT2D eigenvalue weighted by Crippen LogP contribution is -2.14. The minimum Gasteiger partial charge on any atom is -0.403 e. The molecule has 0 radical (unpaired) electrons. The van der Waals surface area contributed by atoms with Crippen molar-refractivity contribution < 1.29 is 22.0 Å². The van der Waals surface area contributed by atoms with Crippen molar-refractivity contribution in [2.45, 2.75) is 30.6 Å². The van der Waals surface area contributed by atoms with E-state index in [0.717, 1.165) is 37.0 Å². The molecule has 3 aromatic carbocycles. The fourth-order valence-electron chi connectivity index (χ4n) is 3.94. The predicted molar refractivity (Wildman–Crippen MR) is 128 cm³/mol. The number of nitrogens with zero attached hydrogens (tertiary/aromatic N) is 2. The number of hydrogen-bond acceptors (Lipinski definition) is 6. The molecular weight excluding hydrogens is 471 g/mol. The third-order valence-electron chi connectivity index (χ3n) is 5.76. The van der Waals surface area contributed by atoms with Crippen molar-refractivity contribution in [3.05, 3.63) is 89.2 Å². The van der Waals surface area contributed by atoms with Crippen LogP contribution in [-0.2, 0) is 22.9 Å². The van der Waals surface area contributed by atoms with E-state index in [1.165, 1.54) is 53.9 Å². The lowest BCUT2D eigenvalue weighted by atomic mass is 9.90. The molecule has 0 saturated heterocycles. The maximum absolute atomic E-state index is 13.1. The van der Waals surface area contributed by atoms with Gasteiger partial charge in [-0.1, -0.05) is 11.2 Å². The summed E-state index contributed by atoms with van der Waals surface area (Å²) in [7, 11) is -3.89. The summed E-state index contributed by atoms with van der Waals surface area (Å²) in [5.41, 5.74) is 3.95. The van der Waals surface area contributed by atoms with Crippen LogP contribution in [0.1, 0.15) is 34.3 Å². The molecule has 5 rings (SSSR count). The van der Waals surface area contributed by atoms with Gasteiger partial charge in [-0.2, -0.15) is 0 Å². The van der Waals surface area contributed by atoms with Gasteiger partial charge in [0.2, 0.25) is 5.89 Å². The van der Waals surface area contributed by atoms with Gasteiger partial charge >= 0.3 is 6.01 Å². The average Bonchev–Trinajstić information content (AvgIpc) is 3.32. The van der Waals surface area contributed by atoms with Crippen LogP contribution in [-0.4, -0.2) is 24.5 Å². The highest BCUT2D eigenvalue weighted by Crippen LogP contribution is 2.27. The fraction of sp³-hybridized carbons (Fsp3) is 0.160. The number of fused-ring (bicyclic) bond motifs is 1. The molecule has 0 spiro atoms. The molecule has 178 valence electrons. The summed E-state index contributed by atoms with van der Waals surface area (Å²) in [6, 6.07) is 16.3. The zero-order valence-corrected chi connectivity index (χ0v) is 19.3. The molecule has 0 unspecified atom stereocenters. The van der Waals surface area contributed by atoms with Gasteiger partial charge in [-0.3, -0.25) is 14.8 Å². The van der Waals surface area contributed by atoms with Crippen molar-refractivity contribution in [3.63, 3.8) is 0 Å². The van der Waals surface area contributed by atoms with Crippen molar-refractivity contribution in [2.75, 3.05) is 10.0 Å². The number of aryl methyl sites for hydroxylation is 2. The first kappa shape index (κ1) is 22.7. The first-order chi connectivity index (χ1) is 16.9. The molecule has 2 N–H and O–H groups in total. The van der Waals surface area contributed by atoms with E-state index >= 15 is 0 Å². The van der Waals surface area contributed by atoms with E-state index in [2.05, 4.69) is 32.4 Å². The Labute approximate surface area is 201 Å². The fourth-order valence-corrected chi connectivity index (χ4v) is 5.00. The monoisotopic (exact) mass is 492 g/mol. The van der Waals surface area contributed by atoms with Crippen LogP contribution < -0.4 is 10.0 Å². The topological polar surface area (TPSA) is 114 Å². The number of benzene rings is 3. The van der Waals surface area contributed by atoms with E-state index < -0.39 is 21.7 Å². The van der Waals surface area contributed by atoms with Gasteiger partial charge in [-0.15, -0.1) is 5.10 Å². The van der Waals surface area contributed by atoms with Crippen LogP contribution >= 0.6 is 0 Å². The van der Waals surface area contributed by atoms with Crippen LogP contribution in [0.2, 0.25) is 0 Å². The minimum absolute atomic E-state index is 0.0381. The zero-order valence-electron chi connectivity index (χ0n) is 18.5. The summed E-state index contributed by atoms with van der Waals surface area (Å²) in [5.74, 6) is -0.701. The minimum atomic E-state index is -3.89. The summed E-state index contributed by atoms with van der Waals surface area (Å²) in [6.07, 6.45) is 4.46. The Morgan fingerprint density at radius 3 is 2.34 bits per heavy atom. The Kier molecular flexibility index (Phi) is 6.04. The Hall–Kier alpha value is -4.05. The van der Waals surface area contributed by atoms with Crippen molar-refractivity contribution in [1.82, 2.24) is 10.2 Å². The van der Waals surface area contributed by atoms with Crippen molar-refractivity contribution >= 4 is 27.6 Å². The second kappa shape index (κ2) is 9.30. The number of aromatic nitrogens is 2. The van der Waals surface area contributed by atoms with Gasteiger partial charge in [0, 0.05) is 16.8 Å². The molecule has 0 saturated carbocycles. The molecule has 10 heteroatoms. The number of rotatable bonds is 6. The van der Waals surface area contributed by atoms with E-state index in [4.69, 9.17) is 4.42 Å². The maximum atomic E-state index is 13.1.